The van der Waals surface area contributed by atoms with E-state index in [1.807, 2.05) is 6.07 Å². The average molecular weight is 297 g/mol. The molecule has 1 fully saturated rings. The van der Waals surface area contributed by atoms with Crippen molar-refractivity contribution in [3.63, 3.8) is 0 Å². The molecule has 2 aromatic rings. The fraction of sp³-hybridized carbons (Fsp3) is 0.333. The Labute approximate surface area is 129 Å². The summed E-state index contributed by atoms with van der Waals surface area (Å²) in [6.45, 7) is 2.07. The van der Waals surface area contributed by atoms with Gasteiger partial charge in [0.05, 0.1) is 0 Å². The van der Waals surface area contributed by atoms with Crippen LogP contribution >= 0.6 is 0 Å². The van der Waals surface area contributed by atoms with Crippen molar-refractivity contribution in [1.29, 1.82) is 5.41 Å². The molecule has 7 nitrogen and oxygen atoms in total. The summed E-state index contributed by atoms with van der Waals surface area (Å²) in [4.78, 5) is 15.1. The highest BCUT2D eigenvalue weighted by atomic mass is 15.2. The van der Waals surface area contributed by atoms with E-state index in [2.05, 4.69) is 25.2 Å². The fourth-order valence-electron chi connectivity index (χ4n) is 2.51. The van der Waals surface area contributed by atoms with E-state index in [-0.39, 0.29) is 0 Å². The van der Waals surface area contributed by atoms with E-state index < -0.39 is 0 Å². The molecule has 3 heterocycles. The number of nitrogen functional groups attached to an aromatic ring is 1. The maximum atomic E-state index is 7.23. The quantitative estimate of drug-likeness (QED) is 0.747. The van der Waals surface area contributed by atoms with Gasteiger partial charge in [0.15, 0.2) is 0 Å². The lowest BCUT2D eigenvalue weighted by atomic mass is 10.1. The number of pyridine rings is 1. The smallest absolute Gasteiger partial charge is 0.137 e. The molecule has 2 aromatic heterocycles. The number of hydrogen-bond donors (Lipinski definition) is 3. The Morgan fingerprint density at radius 3 is 2.59 bits per heavy atom. The van der Waals surface area contributed by atoms with Crippen molar-refractivity contribution in [1.82, 2.24) is 15.0 Å². The second-order valence-electron chi connectivity index (χ2n) is 5.28. The monoisotopic (exact) mass is 297 g/mol. The number of nitrogens with one attached hydrogen (secondary N) is 2. The van der Waals surface area contributed by atoms with Crippen LogP contribution in [-0.2, 0) is 0 Å². The van der Waals surface area contributed by atoms with Crippen LogP contribution in [0.15, 0.2) is 24.7 Å². The Hall–Kier alpha value is -2.70. The standard InChI is InChI=1S/C15H19N7/c16-8-11-9-18-13(6-12(11)17)21-14-7-15(20-10-19-14)22-4-2-1-3-5-22/h6-10,16H,1-5H2,(H3,17,18,19,20,21). The van der Waals surface area contributed by atoms with E-state index >= 15 is 0 Å². The van der Waals surface area contributed by atoms with Gasteiger partial charge in [0.1, 0.15) is 23.8 Å². The molecule has 0 saturated carbocycles. The molecule has 0 radical (unpaired) electrons. The SMILES string of the molecule is N=Cc1cnc(Nc2cc(N3CCCCC3)ncn2)cc1N. The summed E-state index contributed by atoms with van der Waals surface area (Å²) in [6.07, 6.45) is 8.01. The van der Waals surface area contributed by atoms with Crippen LogP contribution in [0.1, 0.15) is 24.8 Å². The first-order valence-corrected chi connectivity index (χ1v) is 7.36. The summed E-state index contributed by atoms with van der Waals surface area (Å²) in [5.41, 5.74) is 6.97. The van der Waals surface area contributed by atoms with Gasteiger partial charge in [-0.15, -0.1) is 0 Å². The summed E-state index contributed by atoms with van der Waals surface area (Å²) in [6, 6.07) is 3.62. The van der Waals surface area contributed by atoms with Crippen molar-refractivity contribution in [2.45, 2.75) is 19.3 Å². The predicted octanol–water partition coefficient (Wildman–Crippen LogP) is 2.19. The second-order valence-corrected chi connectivity index (χ2v) is 5.28. The van der Waals surface area contributed by atoms with Crippen LogP contribution in [0.3, 0.4) is 0 Å². The molecule has 1 aliphatic heterocycles. The number of rotatable bonds is 4. The molecule has 0 aromatic carbocycles. The Kier molecular flexibility index (Phi) is 4.13. The zero-order valence-corrected chi connectivity index (χ0v) is 12.3. The minimum Gasteiger partial charge on any atom is -0.398 e. The van der Waals surface area contributed by atoms with E-state index in [0.29, 0.717) is 22.9 Å². The molecule has 0 atom stereocenters. The lowest BCUT2D eigenvalue weighted by molar-refractivity contribution is 0.573. The van der Waals surface area contributed by atoms with Crippen molar-refractivity contribution in [3.05, 3.63) is 30.2 Å². The van der Waals surface area contributed by atoms with Crippen LogP contribution in [0.5, 0.6) is 0 Å². The van der Waals surface area contributed by atoms with Gasteiger partial charge in [-0.25, -0.2) is 15.0 Å². The van der Waals surface area contributed by atoms with Gasteiger partial charge in [-0.1, -0.05) is 0 Å². The molecule has 0 bridgehead atoms. The van der Waals surface area contributed by atoms with Crippen LogP contribution in [0, 0.1) is 5.41 Å². The number of piperidine rings is 1. The molecule has 4 N–H and O–H groups in total. The maximum Gasteiger partial charge on any atom is 0.137 e. The van der Waals surface area contributed by atoms with Crippen molar-refractivity contribution in [2.75, 3.05) is 29.0 Å². The lowest BCUT2D eigenvalue weighted by Gasteiger charge is -2.27. The van der Waals surface area contributed by atoms with E-state index in [9.17, 15) is 0 Å². The van der Waals surface area contributed by atoms with E-state index in [1.165, 1.54) is 25.5 Å². The zero-order chi connectivity index (χ0) is 15.4. The zero-order valence-electron chi connectivity index (χ0n) is 12.3. The Morgan fingerprint density at radius 1 is 1.09 bits per heavy atom. The molecule has 3 rings (SSSR count). The first kappa shape index (κ1) is 14.2. The van der Waals surface area contributed by atoms with Crippen LogP contribution in [0.25, 0.3) is 0 Å². The van der Waals surface area contributed by atoms with Crippen molar-refractivity contribution in [2.24, 2.45) is 0 Å². The summed E-state index contributed by atoms with van der Waals surface area (Å²) in [5, 5.41) is 10.4. The second kappa shape index (κ2) is 6.38. The molecule has 1 aliphatic rings. The summed E-state index contributed by atoms with van der Waals surface area (Å²) >= 11 is 0. The summed E-state index contributed by atoms with van der Waals surface area (Å²) in [5.74, 6) is 2.22. The summed E-state index contributed by atoms with van der Waals surface area (Å²) < 4.78 is 0. The highest BCUT2D eigenvalue weighted by Crippen LogP contribution is 2.21. The lowest BCUT2D eigenvalue weighted by Crippen LogP contribution is -2.30. The summed E-state index contributed by atoms with van der Waals surface area (Å²) in [7, 11) is 0. The van der Waals surface area contributed by atoms with Crippen LogP contribution in [-0.4, -0.2) is 34.3 Å². The first-order chi connectivity index (χ1) is 10.8. The molecule has 0 spiro atoms. The third-order valence-electron chi connectivity index (χ3n) is 3.71. The molecule has 0 amide bonds. The number of nitrogens with zero attached hydrogens (tertiary/aromatic N) is 4. The van der Waals surface area contributed by atoms with Gasteiger partial charge in [-0.2, -0.15) is 0 Å². The van der Waals surface area contributed by atoms with Crippen LogP contribution < -0.4 is 16.0 Å². The number of nitrogens with two attached hydrogens (primary N) is 1. The Balaban J connectivity index is 1.77. The highest BCUT2D eigenvalue weighted by Gasteiger charge is 2.13. The largest absolute Gasteiger partial charge is 0.398 e. The van der Waals surface area contributed by atoms with Gasteiger partial charge in [0, 0.05) is 48.9 Å². The van der Waals surface area contributed by atoms with Gasteiger partial charge >= 0.3 is 0 Å². The topological polar surface area (TPSA) is 104 Å². The minimum atomic E-state index is 0.512. The predicted molar refractivity (Wildman–Crippen MR) is 87.9 cm³/mol. The van der Waals surface area contributed by atoms with Gasteiger partial charge < -0.3 is 21.4 Å². The first-order valence-electron chi connectivity index (χ1n) is 7.36. The van der Waals surface area contributed by atoms with E-state index in [0.717, 1.165) is 18.9 Å². The molecular weight excluding hydrogens is 278 g/mol. The van der Waals surface area contributed by atoms with Crippen molar-refractivity contribution >= 4 is 29.4 Å². The third-order valence-corrected chi connectivity index (χ3v) is 3.71. The molecule has 1 saturated heterocycles. The Bertz CT molecular complexity index is 665. The molecule has 7 heteroatoms. The highest BCUT2D eigenvalue weighted by molar-refractivity contribution is 5.85. The normalized spacial score (nSPS) is 14.6. The number of anilines is 4. The van der Waals surface area contributed by atoms with Gasteiger partial charge in [-0.05, 0) is 19.3 Å². The molecule has 114 valence electrons. The van der Waals surface area contributed by atoms with Gasteiger partial charge in [0.25, 0.3) is 0 Å². The van der Waals surface area contributed by atoms with Crippen molar-refractivity contribution < 1.29 is 0 Å². The third kappa shape index (κ3) is 3.13. The van der Waals surface area contributed by atoms with Gasteiger partial charge in [0.2, 0.25) is 0 Å². The molecule has 0 aliphatic carbocycles. The molecule has 0 unspecified atom stereocenters. The average Bonchev–Trinajstić information content (AvgIpc) is 2.56. The van der Waals surface area contributed by atoms with Crippen LogP contribution in [0.4, 0.5) is 23.1 Å². The molecule has 22 heavy (non-hydrogen) atoms. The van der Waals surface area contributed by atoms with Gasteiger partial charge in [-0.3, -0.25) is 0 Å². The van der Waals surface area contributed by atoms with Crippen molar-refractivity contribution in [3.8, 4) is 0 Å². The Morgan fingerprint density at radius 2 is 1.86 bits per heavy atom. The fourth-order valence-corrected chi connectivity index (χ4v) is 2.51. The minimum absolute atomic E-state index is 0.512. The number of hydrogen-bond acceptors (Lipinski definition) is 7. The number of aromatic nitrogens is 3. The van der Waals surface area contributed by atoms with E-state index in [4.69, 9.17) is 11.1 Å². The maximum absolute atomic E-state index is 7.23. The molecular formula is C15H19N7. The van der Waals surface area contributed by atoms with Crippen LogP contribution in [0.2, 0.25) is 0 Å². The van der Waals surface area contributed by atoms with E-state index in [1.54, 1.807) is 18.6 Å².